The van der Waals surface area contributed by atoms with E-state index in [9.17, 15) is 9.59 Å². The largest absolute Gasteiger partial charge is 0.496 e. The number of amides is 1. The molecule has 0 spiro atoms. The minimum absolute atomic E-state index is 0.0605. The van der Waals surface area contributed by atoms with Gasteiger partial charge in [-0.25, -0.2) is 5.48 Å². The number of carbonyl (C=O) groups excluding carboxylic acids is 2. The van der Waals surface area contributed by atoms with Crippen LogP contribution in [0.1, 0.15) is 28.4 Å². The van der Waals surface area contributed by atoms with Crippen LogP contribution in [0.5, 0.6) is 5.75 Å². The number of hydrogen-bond acceptors (Lipinski definition) is 4. The number of Topliss-reactive ketones (excluding diaryl/α,β-unsaturated/α-hetero) is 1. The summed E-state index contributed by atoms with van der Waals surface area (Å²) in [6.45, 7) is 1.77. The number of carbonyl (C=O) groups is 2. The van der Waals surface area contributed by atoms with Crippen molar-refractivity contribution in [3.63, 3.8) is 0 Å². The van der Waals surface area contributed by atoms with Crippen molar-refractivity contribution in [2.75, 3.05) is 7.11 Å². The molecule has 0 atom stereocenters. The normalized spacial score (nSPS) is 10.2. The Balaban J connectivity index is 1.94. The highest BCUT2D eigenvalue weighted by atomic mass is 16.6. The van der Waals surface area contributed by atoms with Crippen molar-refractivity contribution in [3.05, 3.63) is 65.2 Å². The van der Waals surface area contributed by atoms with Gasteiger partial charge in [0, 0.05) is 11.1 Å². The van der Waals surface area contributed by atoms with E-state index in [1.807, 2.05) is 30.3 Å². The maximum atomic E-state index is 12.0. The smallest absolute Gasteiger partial charge is 0.248 e. The summed E-state index contributed by atoms with van der Waals surface area (Å²) >= 11 is 0. The number of hydrogen-bond donors (Lipinski definition) is 1. The first kappa shape index (κ1) is 16.7. The van der Waals surface area contributed by atoms with Crippen molar-refractivity contribution < 1.29 is 19.2 Å². The van der Waals surface area contributed by atoms with Crippen LogP contribution in [0.4, 0.5) is 0 Å². The molecule has 2 aromatic rings. The van der Waals surface area contributed by atoms with Crippen LogP contribution in [0.3, 0.4) is 0 Å². The second kappa shape index (κ2) is 8.10. The number of ketones is 1. The summed E-state index contributed by atoms with van der Waals surface area (Å²) in [6, 6.07) is 14.6. The average molecular weight is 313 g/mol. The lowest BCUT2D eigenvalue weighted by Crippen LogP contribution is -2.25. The van der Waals surface area contributed by atoms with Gasteiger partial charge in [-0.3, -0.25) is 14.4 Å². The summed E-state index contributed by atoms with van der Waals surface area (Å²) in [5.74, 6) is 0.197. The molecular weight excluding hydrogens is 294 g/mol. The average Bonchev–Trinajstić information content (AvgIpc) is 2.55. The lowest BCUT2D eigenvalue weighted by Gasteiger charge is -2.10. The molecule has 0 aliphatic heterocycles. The lowest BCUT2D eigenvalue weighted by molar-refractivity contribution is -0.133. The Labute approximate surface area is 135 Å². The monoisotopic (exact) mass is 313 g/mol. The Kier molecular flexibility index (Phi) is 5.88. The van der Waals surface area contributed by atoms with Crippen molar-refractivity contribution in [2.45, 2.75) is 20.0 Å². The van der Waals surface area contributed by atoms with Gasteiger partial charge >= 0.3 is 0 Å². The van der Waals surface area contributed by atoms with E-state index in [2.05, 4.69) is 5.48 Å². The molecule has 1 N–H and O–H groups in total. The van der Waals surface area contributed by atoms with Crippen LogP contribution in [-0.4, -0.2) is 18.8 Å². The summed E-state index contributed by atoms with van der Waals surface area (Å²) in [5, 5.41) is 0. The predicted octanol–water partition coefficient (Wildman–Crippen LogP) is 2.69. The third-order valence-corrected chi connectivity index (χ3v) is 3.31. The van der Waals surface area contributed by atoms with Crippen LogP contribution in [0.2, 0.25) is 0 Å². The van der Waals surface area contributed by atoms with Crippen molar-refractivity contribution in [2.24, 2.45) is 0 Å². The topological polar surface area (TPSA) is 64.6 Å². The molecule has 0 unspecified atom stereocenters. The molecule has 1 amide bonds. The van der Waals surface area contributed by atoms with E-state index in [4.69, 9.17) is 9.57 Å². The molecular formula is C18H19NO4. The maximum Gasteiger partial charge on any atom is 0.248 e. The molecule has 0 saturated heterocycles. The van der Waals surface area contributed by atoms with Crippen LogP contribution < -0.4 is 10.2 Å². The van der Waals surface area contributed by atoms with Crippen LogP contribution in [-0.2, 0) is 22.7 Å². The van der Waals surface area contributed by atoms with Crippen LogP contribution in [0.15, 0.2) is 48.5 Å². The fourth-order valence-corrected chi connectivity index (χ4v) is 2.12. The van der Waals surface area contributed by atoms with Gasteiger partial charge in [-0.1, -0.05) is 30.3 Å². The Morgan fingerprint density at radius 1 is 1.09 bits per heavy atom. The molecule has 2 rings (SSSR count). The highest BCUT2D eigenvalue weighted by molar-refractivity contribution is 5.94. The second-order valence-corrected chi connectivity index (χ2v) is 5.06. The Hall–Kier alpha value is -2.66. The molecule has 0 saturated carbocycles. The van der Waals surface area contributed by atoms with Gasteiger partial charge < -0.3 is 4.74 Å². The Morgan fingerprint density at radius 3 is 2.48 bits per heavy atom. The van der Waals surface area contributed by atoms with Crippen LogP contribution in [0.25, 0.3) is 0 Å². The molecule has 0 aromatic heterocycles. The van der Waals surface area contributed by atoms with Gasteiger partial charge in [0.1, 0.15) is 5.75 Å². The first-order chi connectivity index (χ1) is 11.1. The molecule has 0 fully saturated rings. The molecule has 0 aliphatic rings. The highest BCUT2D eigenvalue weighted by Crippen LogP contribution is 2.20. The number of hydroxylamine groups is 1. The number of benzene rings is 2. The third-order valence-electron chi connectivity index (χ3n) is 3.31. The lowest BCUT2D eigenvalue weighted by atomic mass is 10.0. The Bertz CT molecular complexity index is 683. The second-order valence-electron chi connectivity index (χ2n) is 5.06. The SMILES string of the molecule is COc1ccc(C(C)=O)cc1CC(=O)NOCc1ccccc1. The van der Waals surface area contributed by atoms with E-state index >= 15 is 0 Å². The summed E-state index contributed by atoms with van der Waals surface area (Å²) in [6.07, 6.45) is 0.0685. The highest BCUT2D eigenvalue weighted by Gasteiger charge is 2.11. The standard InChI is InChI=1S/C18H19NO4/c1-13(20)15-8-9-17(22-2)16(10-15)11-18(21)19-23-12-14-6-4-3-5-7-14/h3-10H,11-12H2,1-2H3,(H,19,21). The minimum Gasteiger partial charge on any atom is -0.496 e. The molecule has 23 heavy (non-hydrogen) atoms. The zero-order chi connectivity index (χ0) is 16.7. The van der Waals surface area contributed by atoms with E-state index in [1.165, 1.54) is 14.0 Å². The first-order valence-electron chi connectivity index (χ1n) is 7.22. The summed E-state index contributed by atoms with van der Waals surface area (Å²) in [5.41, 5.74) is 4.54. The van der Waals surface area contributed by atoms with E-state index in [0.29, 0.717) is 16.9 Å². The molecule has 0 radical (unpaired) electrons. The molecule has 120 valence electrons. The minimum atomic E-state index is -0.306. The quantitative estimate of drug-likeness (QED) is 0.630. The van der Waals surface area contributed by atoms with E-state index in [1.54, 1.807) is 18.2 Å². The van der Waals surface area contributed by atoms with Gasteiger partial charge in [-0.05, 0) is 30.7 Å². The van der Waals surface area contributed by atoms with E-state index in [-0.39, 0.29) is 24.7 Å². The van der Waals surface area contributed by atoms with Crippen molar-refractivity contribution in [1.82, 2.24) is 5.48 Å². The number of ether oxygens (including phenoxy) is 1. The van der Waals surface area contributed by atoms with Gasteiger partial charge in [0.25, 0.3) is 0 Å². The van der Waals surface area contributed by atoms with E-state index < -0.39 is 0 Å². The number of nitrogens with one attached hydrogen (secondary N) is 1. The maximum absolute atomic E-state index is 12.0. The third kappa shape index (κ3) is 4.93. The van der Waals surface area contributed by atoms with Gasteiger partial charge in [-0.2, -0.15) is 0 Å². The van der Waals surface area contributed by atoms with Gasteiger partial charge in [0.05, 0.1) is 20.1 Å². The van der Waals surface area contributed by atoms with Crippen molar-refractivity contribution in [1.29, 1.82) is 0 Å². The molecule has 0 heterocycles. The molecule has 0 bridgehead atoms. The van der Waals surface area contributed by atoms with Crippen LogP contribution >= 0.6 is 0 Å². The fourth-order valence-electron chi connectivity index (χ4n) is 2.12. The van der Waals surface area contributed by atoms with Gasteiger partial charge in [-0.15, -0.1) is 0 Å². The van der Waals surface area contributed by atoms with Crippen molar-refractivity contribution >= 4 is 11.7 Å². The number of rotatable bonds is 7. The Morgan fingerprint density at radius 2 is 1.83 bits per heavy atom. The first-order valence-corrected chi connectivity index (χ1v) is 7.22. The molecule has 5 nitrogen and oxygen atoms in total. The van der Waals surface area contributed by atoms with Gasteiger partial charge in [0.2, 0.25) is 5.91 Å². The van der Waals surface area contributed by atoms with E-state index in [0.717, 1.165) is 5.56 Å². The molecule has 2 aromatic carbocycles. The predicted molar refractivity (Wildman–Crippen MR) is 86.1 cm³/mol. The molecule has 5 heteroatoms. The summed E-state index contributed by atoms with van der Waals surface area (Å²) < 4.78 is 5.22. The zero-order valence-corrected chi connectivity index (χ0v) is 13.2. The zero-order valence-electron chi connectivity index (χ0n) is 13.2. The summed E-state index contributed by atoms with van der Waals surface area (Å²) in [7, 11) is 1.52. The molecule has 0 aliphatic carbocycles. The fraction of sp³-hybridized carbons (Fsp3) is 0.222. The van der Waals surface area contributed by atoms with Gasteiger partial charge in [0.15, 0.2) is 5.78 Å². The summed E-state index contributed by atoms with van der Waals surface area (Å²) in [4.78, 5) is 28.6. The van der Waals surface area contributed by atoms with Crippen LogP contribution in [0, 0.1) is 0 Å². The number of methoxy groups -OCH3 is 1. The van der Waals surface area contributed by atoms with Crippen molar-refractivity contribution in [3.8, 4) is 5.75 Å².